The number of barbiturate groups is 1. The summed E-state index contributed by atoms with van der Waals surface area (Å²) >= 11 is 6.18. The average Bonchev–Trinajstić information content (AvgIpc) is 2.72. The van der Waals surface area contributed by atoms with Gasteiger partial charge in [0.1, 0.15) is 17.1 Å². The van der Waals surface area contributed by atoms with Crippen LogP contribution in [-0.4, -0.2) is 31.1 Å². The van der Waals surface area contributed by atoms with Crippen LogP contribution in [0.25, 0.3) is 6.08 Å². The van der Waals surface area contributed by atoms with Gasteiger partial charge in [-0.25, -0.2) is 9.69 Å². The number of hydrogen-bond acceptors (Lipinski definition) is 5. The third kappa shape index (κ3) is 4.63. The van der Waals surface area contributed by atoms with Gasteiger partial charge >= 0.3 is 6.03 Å². The highest BCUT2D eigenvalue weighted by Crippen LogP contribution is 2.28. The Morgan fingerprint density at radius 1 is 1.03 bits per heavy atom. The molecule has 1 heterocycles. The van der Waals surface area contributed by atoms with Gasteiger partial charge in [0.05, 0.1) is 23.9 Å². The summed E-state index contributed by atoms with van der Waals surface area (Å²) in [5, 5.41) is 2.55. The molecule has 0 bridgehead atoms. The highest BCUT2D eigenvalue weighted by atomic mass is 35.5. The molecule has 2 aromatic carbocycles. The monoisotopic (exact) mass is 428 g/mol. The fourth-order valence-electron chi connectivity index (χ4n) is 2.85. The van der Waals surface area contributed by atoms with Crippen molar-refractivity contribution in [1.29, 1.82) is 0 Å². The summed E-state index contributed by atoms with van der Waals surface area (Å²) in [6, 6.07) is 10.6. The lowest BCUT2D eigenvalue weighted by atomic mass is 10.1. The standard InChI is InChI=1S/C22H21ClN2O5/c1-3-11-30-16-8-6-15(7-9-16)25-21(27)17(20(26)24-22(25)28)12-14-5-10-19(29-4-2)18(23)13-14/h5-10,12-13H,3-4,11H2,1-2H3,(H,24,26,28)/b17-12-. The molecular weight excluding hydrogens is 408 g/mol. The van der Waals surface area contributed by atoms with Crippen LogP contribution in [0.5, 0.6) is 11.5 Å². The fraction of sp³-hybridized carbons (Fsp3) is 0.227. The van der Waals surface area contributed by atoms with Gasteiger partial charge in [-0.1, -0.05) is 24.6 Å². The molecule has 0 radical (unpaired) electrons. The van der Waals surface area contributed by atoms with Crippen molar-refractivity contribution < 1.29 is 23.9 Å². The van der Waals surface area contributed by atoms with Crippen molar-refractivity contribution >= 4 is 41.2 Å². The van der Waals surface area contributed by atoms with E-state index in [-0.39, 0.29) is 5.57 Å². The number of amides is 4. The number of urea groups is 1. The maximum Gasteiger partial charge on any atom is 0.335 e. The van der Waals surface area contributed by atoms with Gasteiger partial charge in [-0.15, -0.1) is 0 Å². The Labute approximate surface area is 179 Å². The Kier molecular flexibility index (Phi) is 6.74. The highest BCUT2D eigenvalue weighted by molar-refractivity contribution is 6.39. The molecule has 0 atom stereocenters. The molecule has 2 aromatic rings. The van der Waals surface area contributed by atoms with E-state index < -0.39 is 17.8 Å². The van der Waals surface area contributed by atoms with Crippen molar-refractivity contribution in [3.8, 4) is 11.5 Å². The van der Waals surface area contributed by atoms with Crippen LogP contribution in [-0.2, 0) is 9.59 Å². The molecule has 30 heavy (non-hydrogen) atoms. The molecule has 0 unspecified atom stereocenters. The smallest absolute Gasteiger partial charge is 0.335 e. The van der Waals surface area contributed by atoms with Crippen LogP contribution in [0.15, 0.2) is 48.0 Å². The third-order valence-electron chi connectivity index (χ3n) is 4.24. The number of imide groups is 2. The minimum atomic E-state index is -0.811. The molecule has 0 aliphatic carbocycles. The van der Waals surface area contributed by atoms with Gasteiger partial charge in [0.2, 0.25) is 0 Å². The molecule has 1 N–H and O–H groups in total. The molecule has 0 saturated carbocycles. The van der Waals surface area contributed by atoms with Crippen molar-refractivity contribution in [2.75, 3.05) is 18.1 Å². The molecule has 1 fully saturated rings. The van der Waals surface area contributed by atoms with Crippen LogP contribution in [0.4, 0.5) is 10.5 Å². The van der Waals surface area contributed by atoms with Gasteiger partial charge in [0.25, 0.3) is 11.8 Å². The molecule has 3 rings (SSSR count). The second-order valence-electron chi connectivity index (χ2n) is 6.42. The van der Waals surface area contributed by atoms with E-state index >= 15 is 0 Å². The molecule has 1 saturated heterocycles. The predicted octanol–water partition coefficient (Wildman–Crippen LogP) is 4.19. The molecule has 0 aromatic heterocycles. The number of nitrogens with zero attached hydrogens (tertiary/aromatic N) is 1. The highest BCUT2D eigenvalue weighted by Gasteiger charge is 2.36. The van der Waals surface area contributed by atoms with Gasteiger partial charge < -0.3 is 9.47 Å². The maximum absolute atomic E-state index is 12.9. The maximum atomic E-state index is 12.9. The molecule has 1 aliphatic rings. The Morgan fingerprint density at radius 2 is 1.77 bits per heavy atom. The minimum Gasteiger partial charge on any atom is -0.494 e. The molecular formula is C22H21ClN2O5. The summed E-state index contributed by atoms with van der Waals surface area (Å²) in [6.07, 6.45) is 2.25. The number of carbonyl (C=O) groups is 3. The molecule has 156 valence electrons. The van der Waals surface area contributed by atoms with Gasteiger partial charge in [-0.05, 0) is 61.4 Å². The summed E-state index contributed by atoms with van der Waals surface area (Å²) in [7, 11) is 0. The number of hydrogen-bond donors (Lipinski definition) is 1. The van der Waals surface area contributed by atoms with Gasteiger partial charge in [0.15, 0.2) is 0 Å². The van der Waals surface area contributed by atoms with E-state index in [1.807, 2.05) is 13.8 Å². The first kappa shape index (κ1) is 21.4. The number of anilines is 1. The molecule has 4 amide bonds. The number of nitrogens with one attached hydrogen (secondary N) is 1. The van der Waals surface area contributed by atoms with E-state index in [0.717, 1.165) is 11.3 Å². The lowest BCUT2D eigenvalue weighted by Crippen LogP contribution is -2.54. The van der Waals surface area contributed by atoms with Crippen molar-refractivity contribution in [2.24, 2.45) is 0 Å². The summed E-state index contributed by atoms with van der Waals surface area (Å²) < 4.78 is 10.9. The quantitative estimate of drug-likeness (QED) is 0.528. The van der Waals surface area contributed by atoms with Crippen LogP contribution in [0.1, 0.15) is 25.8 Å². The minimum absolute atomic E-state index is 0.180. The first-order valence-corrected chi connectivity index (χ1v) is 9.89. The van der Waals surface area contributed by atoms with E-state index in [4.69, 9.17) is 21.1 Å². The van der Waals surface area contributed by atoms with E-state index in [0.29, 0.717) is 41.0 Å². The lowest BCUT2D eigenvalue weighted by molar-refractivity contribution is -0.122. The van der Waals surface area contributed by atoms with Crippen molar-refractivity contribution in [3.63, 3.8) is 0 Å². The molecule has 1 aliphatic heterocycles. The van der Waals surface area contributed by atoms with Gasteiger partial charge in [-0.2, -0.15) is 0 Å². The Balaban J connectivity index is 1.89. The van der Waals surface area contributed by atoms with Gasteiger partial charge in [-0.3, -0.25) is 14.9 Å². The topological polar surface area (TPSA) is 84.9 Å². The van der Waals surface area contributed by atoms with Crippen LogP contribution in [0.3, 0.4) is 0 Å². The first-order chi connectivity index (χ1) is 14.4. The number of carbonyl (C=O) groups excluding carboxylic acids is 3. The lowest BCUT2D eigenvalue weighted by Gasteiger charge is -2.26. The number of rotatable bonds is 7. The van der Waals surface area contributed by atoms with Crippen LogP contribution >= 0.6 is 11.6 Å². The molecule has 8 heteroatoms. The predicted molar refractivity (Wildman–Crippen MR) is 114 cm³/mol. The molecule has 0 spiro atoms. The summed E-state index contributed by atoms with van der Waals surface area (Å²) in [4.78, 5) is 38.5. The Bertz CT molecular complexity index is 1000. The fourth-order valence-corrected chi connectivity index (χ4v) is 3.09. The third-order valence-corrected chi connectivity index (χ3v) is 4.53. The molecule has 7 nitrogen and oxygen atoms in total. The second-order valence-corrected chi connectivity index (χ2v) is 6.83. The largest absolute Gasteiger partial charge is 0.494 e. The van der Waals surface area contributed by atoms with Crippen molar-refractivity contribution in [1.82, 2.24) is 5.32 Å². The van der Waals surface area contributed by atoms with E-state index in [1.165, 1.54) is 6.08 Å². The second kappa shape index (κ2) is 9.45. The zero-order valence-electron chi connectivity index (χ0n) is 16.6. The normalized spacial score (nSPS) is 15.4. The Hall–Kier alpha value is -3.32. The summed E-state index contributed by atoms with van der Waals surface area (Å²) in [5.41, 5.74) is 0.671. The van der Waals surface area contributed by atoms with Crippen LogP contribution < -0.4 is 19.7 Å². The van der Waals surface area contributed by atoms with E-state index in [9.17, 15) is 14.4 Å². The van der Waals surface area contributed by atoms with Gasteiger partial charge in [0, 0.05) is 0 Å². The summed E-state index contributed by atoms with van der Waals surface area (Å²) in [6.45, 7) is 4.85. The van der Waals surface area contributed by atoms with Crippen LogP contribution in [0.2, 0.25) is 5.02 Å². The van der Waals surface area contributed by atoms with E-state index in [2.05, 4.69) is 5.32 Å². The van der Waals surface area contributed by atoms with Crippen molar-refractivity contribution in [3.05, 3.63) is 58.6 Å². The summed E-state index contributed by atoms with van der Waals surface area (Å²) in [5.74, 6) is -0.366. The SMILES string of the molecule is CCCOc1ccc(N2C(=O)NC(=O)/C(=C/c3ccc(OCC)c(Cl)c3)C2=O)cc1. The first-order valence-electron chi connectivity index (χ1n) is 9.51. The van der Waals surface area contributed by atoms with E-state index in [1.54, 1.807) is 42.5 Å². The Morgan fingerprint density at radius 3 is 2.40 bits per heavy atom. The number of halogens is 1. The zero-order chi connectivity index (χ0) is 21.7. The zero-order valence-corrected chi connectivity index (χ0v) is 17.4. The number of benzene rings is 2. The van der Waals surface area contributed by atoms with Crippen LogP contribution in [0, 0.1) is 0 Å². The van der Waals surface area contributed by atoms with Crippen molar-refractivity contribution in [2.45, 2.75) is 20.3 Å². The average molecular weight is 429 g/mol. The number of ether oxygens (including phenoxy) is 2.